The third kappa shape index (κ3) is 4.22. The zero-order valence-corrected chi connectivity index (χ0v) is 16.6. The molecule has 1 N–H and O–H groups in total. The van der Waals surface area contributed by atoms with Gasteiger partial charge in [-0.3, -0.25) is 4.79 Å². The molecule has 1 aliphatic heterocycles. The number of fused-ring (bicyclic) bond motifs is 1. The monoisotopic (exact) mass is 383 g/mol. The molecular weight excluding hydrogens is 358 g/mol. The van der Waals surface area contributed by atoms with E-state index in [2.05, 4.69) is 5.32 Å². The molecule has 0 saturated carbocycles. The van der Waals surface area contributed by atoms with Gasteiger partial charge in [0.1, 0.15) is 17.6 Å². The summed E-state index contributed by atoms with van der Waals surface area (Å²) >= 11 is 0. The first-order chi connectivity index (χ1) is 13.5. The Morgan fingerprint density at radius 2 is 2.07 bits per heavy atom. The summed E-state index contributed by atoms with van der Waals surface area (Å²) in [6, 6.07) is 9.25. The van der Waals surface area contributed by atoms with Crippen LogP contribution in [0.15, 0.2) is 36.4 Å². The van der Waals surface area contributed by atoms with E-state index in [4.69, 9.17) is 18.9 Å². The Hall–Kier alpha value is -3.15. The molecule has 1 unspecified atom stereocenters. The molecule has 0 spiro atoms. The van der Waals surface area contributed by atoms with Gasteiger partial charge in [-0.05, 0) is 32.1 Å². The van der Waals surface area contributed by atoms with E-state index >= 15 is 0 Å². The van der Waals surface area contributed by atoms with Crippen molar-refractivity contribution >= 4 is 17.7 Å². The molecule has 3 rings (SSSR count). The standard InChI is InChI=1S/C22H25NO5/c1-5-27-20-12-16-11-14(2)28-19(16)13-17(20)23-21(24)10-9-15-7-6-8-18(25-3)22(15)26-4/h6-10,12-14H,5,11H2,1-4H3,(H,23,24)/b10-9-. The highest BCUT2D eigenvalue weighted by molar-refractivity contribution is 6.03. The maximum absolute atomic E-state index is 12.5. The first kappa shape index (κ1) is 19.6. The van der Waals surface area contributed by atoms with E-state index in [1.165, 1.54) is 6.08 Å². The molecule has 0 aliphatic carbocycles. The topological polar surface area (TPSA) is 66.0 Å². The van der Waals surface area contributed by atoms with Crippen molar-refractivity contribution in [1.29, 1.82) is 0 Å². The van der Waals surface area contributed by atoms with Crippen molar-refractivity contribution in [3.63, 3.8) is 0 Å². The molecule has 2 aromatic rings. The Morgan fingerprint density at radius 3 is 2.79 bits per heavy atom. The van der Waals surface area contributed by atoms with Gasteiger partial charge >= 0.3 is 0 Å². The van der Waals surface area contributed by atoms with Crippen LogP contribution >= 0.6 is 0 Å². The highest BCUT2D eigenvalue weighted by Crippen LogP contribution is 2.38. The van der Waals surface area contributed by atoms with E-state index in [9.17, 15) is 4.79 Å². The molecule has 6 heteroatoms. The number of rotatable bonds is 7. The zero-order valence-electron chi connectivity index (χ0n) is 16.6. The van der Waals surface area contributed by atoms with Gasteiger partial charge in [0.05, 0.1) is 26.5 Å². The largest absolute Gasteiger partial charge is 0.493 e. The fourth-order valence-corrected chi connectivity index (χ4v) is 3.20. The quantitative estimate of drug-likeness (QED) is 0.730. The molecule has 148 valence electrons. The number of methoxy groups -OCH3 is 2. The van der Waals surface area contributed by atoms with Gasteiger partial charge in [-0.2, -0.15) is 0 Å². The number of ether oxygens (including phenoxy) is 4. The smallest absolute Gasteiger partial charge is 0.248 e. The molecule has 1 amide bonds. The maximum Gasteiger partial charge on any atom is 0.248 e. The minimum atomic E-state index is -0.281. The van der Waals surface area contributed by atoms with Gasteiger partial charge in [0.25, 0.3) is 0 Å². The lowest BCUT2D eigenvalue weighted by Crippen LogP contribution is -2.10. The van der Waals surface area contributed by atoms with E-state index < -0.39 is 0 Å². The minimum absolute atomic E-state index is 0.121. The molecule has 6 nitrogen and oxygen atoms in total. The Bertz CT molecular complexity index is 891. The summed E-state index contributed by atoms with van der Waals surface area (Å²) in [5, 5.41) is 2.87. The van der Waals surface area contributed by atoms with Crippen molar-refractivity contribution in [2.75, 3.05) is 26.1 Å². The van der Waals surface area contributed by atoms with Gasteiger partial charge in [0.15, 0.2) is 11.5 Å². The fraction of sp³-hybridized carbons (Fsp3) is 0.318. The van der Waals surface area contributed by atoms with Gasteiger partial charge in [-0.15, -0.1) is 0 Å². The van der Waals surface area contributed by atoms with Gasteiger partial charge in [-0.25, -0.2) is 0 Å². The van der Waals surface area contributed by atoms with Crippen molar-refractivity contribution in [3.8, 4) is 23.0 Å². The molecule has 1 atom stereocenters. The van der Waals surface area contributed by atoms with E-state index in [1.54, 1.807) is 26.4 Å². The first-order valence-corrected chi connectivity index (χ1v) is 9.22. The van der Waals surface area contributed by atoms with Crippen LogP contribution in [0.1, 0.15) is 25.0 Å². The van der Waals surface area contributed by atoms with Crippen LogP contribution in [-0.2, 0) is 11.2 Å². The SMILES string of the molecule is CCOc1cc2c(cc1NC(=O)/C=C\c1cccc(OC)c1OC)OC(C)C2. The number of amides is 1. The maximum atomic E-state index is 12.5. The summed E-state index contributed by atoms with van der Waals surface area (Å²) in [5.41, 5.74) is 2.42. The molecule has 0 fully saturated rings. The van der Waals surface area contributed by atoms with E-state index in [0.717, 1.165) is 23.3 Å². The summed E-state index contributed by atoms with van der Waals surface area (Å²) in [6.45, 7) is 4.44. The lowest BCUT2D eigenvalue weighted by molar-refractivity contribution is -0.111. The first-order valence-electron chi connectivity index (χ1n) is 9.22. The Morgan fingerprint density at radius 1 is 1.25 bits per heavy atom. The van der Waals surface area contributed by atoms with Gasteiger partial charge < -0.3 is 24.3 Å². The molecule has 0 bridgehead atoms. The highest BCUT2D eigenvalue weighted by atomic mass is 16.5. The predicted molar refractivity (Wildman–Crippen MR) is 109 cm³/mol. The Labute approximate surface area is 165 Å². The van der Waals surface area contributed by atoms with Crippen molar-refractivity contribution in [2.45, 2.75) is 26.4 Å². The van der Waals surface area contributed by atoms with Crippen molar-refractivity contribution < 1.29 is 23.7 Å². The third-order valence-corrected chi connectivity index (χ3v) is 4.40. The fourth-order valence-electron chi connectivity index (χ4n) is 3.20. The number of benzene rings is 2. The lowest BCUT2D eigenvalue weighted by atomic mass is 10.1. The number of nitrogens with one attached hydrogen (secondary N) is 1. The second-order valence-corrected chi connectivity index (χ2v) is 6.43. The normalized spacial score (nSPS) is 15.1. The summed E-state index contributed by atoms with van der Waals surface area (Å²) < 4.78 is 22.2. The molecule has 0 saturated heterocycles. The van der Waals surface area contributed by atoms with Crippen LogP contribution in [0.25, 0.3) is 6.08 Å². The second-order valence-electron chi connectivity index (χ2n) is 6.43. The highest BCUT2D eigenvalue weighted by Gasteiger charge is 2.22. The molecular formula is C22H25NO5. The van der Waals surface area contributed by atoms with Crippen LogP contribution in [0.4, 0.5) is 5.69 Å². The minimum Gasteiger partial charge on any atom is -0.493 e. The molecule has 1 aliphatic rings. The van der Waals surface area contributed by atoms with Gasteiger partial charge in [0, 0.05) is 29.7 Å². The number of para-hydroxylation sites is 1. The summed E-state index contributed by atoms with van der Waals surface area (Å²) in [7, 11) is 3.14. The van der Waals surface area contributed by atoms with Crippen molar-refractivity contribution in [2.24, 2.45) is 0 Å². The number of anilines is 1. The summed E-state index contributed by atoms with van der Waals surface area (Å²) in [5.74, 6) is 2.32. The second kappa shape index (κ2) is 8.69. The molecule has 0 aromatic heterocycles. The van der Waals surface area contributed by atoms with Crippen LogP contribution in [0, 0.1) is 0 Å². The van der Waals surface area contributed by atoms with Crippen LogP contribution in [0.3, 0.4) is 0 Å². The van der Waals surface area contributed by atoms with Crippen LogP contribution < -0.4 is 24.3 Å². The van der Waals surface area contributed by atoms with E-state index in [-0.39, 0.29) is 12.0 Å². The van der Waals surface area contributed by atoms with E-state index in [1.807, 2.05) is 38.1 Å². The number of hydrogen-bond donors (Lipinski definition) is 1. The van der Waals surface area contributed by atoms with E-state index in [0.29, 0.717) is 29.5 Å². The van der Waals surface area contributed by atoms with Gasteiger partial charge in [0.2, 0.25) is 5.91 Å². The molecule has 2 aromatic carbocycles. The summed E-state index contributed by atoms with van der Waals surface area (Å²) in [4.78, 5) is 12.5. The predicted octanol–water partition coefficient (Wildman–Crippen LogP) is 4.08. The molecule has 28 heavy (non-hydrogen) atoms. The Balaban J connectivity index is 1.80. The number of carbonyl (C=O) groups is 1. The summed E-state index contributed by atoms with van der Waals surface area (Å²) in [6.07, 6.45) is 4.09. The molecule has 0 radical (unpaired) electrons. The third-order valence-electron chi connectivity index (χ3n) is 4.40. The van der Waals surface area contributed by atoms with Crippen molar-refractivity contribution in [3.05, 3.63) is 47.5 Å². The average Bonchev–Trinajstić information content (AvgIpc) is 3.05. The average molecular weight is 383 g/mol. The number of hydrogen-bond acceptors (Lipinski definition) is 5. The zero-order chi connectivity index (χ0) is 20.1. The van der Waals surface area contributed by atoms with Crippen LogP contribution in [0.2, 0.25) is 0 Å². The van der Waals surface area contributed by atoms with Crippen molar-refractivity contribution in [1.82, 2.24) is 0 Å². The Kier molecular flexibility index (Phi) is 6.09. The lowest BCUT2D eigenvalue weighted by Gasteiger charge is -2.13. The van der Waals surface area contributed by atoms with Crippen LogP contribution in [-0.4, -0.2) is 32.8 Å². The van der Waals surface area contributed by atoms with Crippen LogP contribution in [0.5, 0.6) is 23.0 Å². The number of carbonyl (C=O) groups excluding carboxylic acids is 1. The van der Waals surface area contributed by atoms with Gasteiger partial charge in [-0.1, -0.05) is 12.1 Å². The molecule has 1 heterocycles.